The fourth-order valence-corrected chi connectivity index (χ4v) is 3.63. The molecule has 0 aliphatic carbocycles. The van der Waals surface area contributed by atoms with Gasteiger partial charge in [-0.2, -0.15) is 0 Å². The molecule has 4 rings (SSSR count). The van der Waals surface area contributed by atoms with E-state index in [2.05, 4.69) is 19.9 Å². The molecule has 2 aliphatic rings. The highest BCUT2D eigenvalue weighted by Gasteiger charge is 2.26. The summed E-state index contributed by atoms with van der Waals surface area (Å²) < 4.78 is 0. The molecule has 1 N–H and O–H groups in total. The maximum atomic E-state index is 12.9. The lowest BCUT2D eigenvalue weighted by Gasteiger charge is -2.27. The van der Waals surface area contributed by atoms with Crippen LogP contribution in [-0.2, 0) is 13.0 Å². The van der Waals surface area contributed by atoms with Gasteiger partial charge in [-0.05, 0) is 31.4 Å². The number of aromatic amines is 1. The molecular formula is C17H18ClN5O2. The minimum Gasteiger partial charge on any atom is -0.355 e. The second-order valence-corrected chi connectivity index (χ2v) is 6.74. The van der Waals surface area contributed by atoms with Gasteiger partial charge in [0, 0.05) is 25.2 Å². The molecule has 2 aromatic heterocycles. The molecule has 0 aromatic carbocycles. The molecule has 130 valence electrons. The van der Waals surface area contributed by atoms with Crippen molar-refractivity contribution in [2.24, 2.45) is 0 Å². The van der Waals surface area contributed by atoms with Gasteiger partial charge in [0.1, 0.15) is 11.5 Å². The lowest BCUT2D eigenvalue weighted by atomic mass is 10.1. The van der Waals surface area contributed by atoms with Crippen molar-refractivity contribution in [1.29, 1.82) is 0 Å². The fourth-order valence-electron chi connectivity index (χ4n) is 3.40. The summed E-state index contributed by atoms with van der Waals surface area (Å²) in [7, 11) is 0. The van der Waals surface area contributed by atoms with Crippen LogP contribution in [0.1, 0.15) is 34.6 Å². The van der Waals surface area contributed by atoms with Gasteiger partial charge in [0.25, 0.3) is 11.5 Å². The van der Waals surface area contributed by atoms with Crippen LogP contribution in [0.5, 0.6) is 0 Å². The molecular weight excluding hydrogens is 342 g/mol. The topological polar surface area (TPSA) is 82.2 Å². The third kappa shape index (κ3) is 3.00. The van der Waals surface area contributed by atoms with Gasteiger partial charge in [0.2, 0.25) is 0 Å². The van der Waals surface area contributed by atoms with E-state index >= 15 is 0 Å². The summed E-state index contributed by atoms with van der Waals surface area (Å²) in [5, 5.41) is 0.565. The molecule has 0 unspecified atom stereocenters. The van der Waals surface area contributed by atoms with Crippen molar-refractivity contribution in [1.82, 2.24) is 19.9 Å². The van der Waals surface area contributed by atoms with Crippen LogP contribution >= 0.6 is 11.6 Å². The highest BCUT2D eigenvalue weighted by atomic mass is 35.5. The number of hydrogen-bond acceptors (Lipinski definition) is 5. The number of hydrogen-bond donors (Lipinski definition) is 1. The second-order valence-electron chi connectivity index (χ2n) is 6.33. The van der Waals surface area contributed by atoms with E-state index < -0.39 is 0 Å². The number of amides is 1. The Morgan fingerprint density at radius 2 is 2.00 bits per heavy atom. The van der Waals surface area contributed by atoms with Crippen LogP contribution in [0.15, 0.2) is 23.3 Å². The van der Waals surface area contributed by atoms with E-state index in [4.69, 9.17) is 11.6 Å². The van der Waals surface area contributed by atoms with Gasteiger partial charge in [-0.15, -0.1) is 0 Å². The fraction of sp³-hybridized carbons (Fsp3) is 0.412. The summed E-state index contributed by atoms with van der Waals surface area (Å²) in [6, 6.07) is 3.39. The summed E-state index contributed by atoms with van der Waals surface area (Å²) >= 11 is 6.27. The Balaban J connectivity index is 1.59. The molecule has 0 spiro atoms. The summed E-state index contributed by atoms with van der Waals surface area (Å²) in [6.07, 6.45) is 4.09. The molecule has 2 aliphatic heterocycles. The molecule has 8 heteroatoms. The number of anilines is 1. The molecule has 0 bridgehead atoms. The predicted octanol–water partition coefficient (Wildman–Crippen LogP) is 1.62. The van der Waals surface area contributed by atoms with Crippen molar-refractivity contribution in [3.63, 3.8) is 0 Å². The molecule has 1 amide bonds. The first-order valence-corrected chi connectivity index (χ1v) is 8.77. The summed E-state index contributed by atoms with van der Waals surface area (Å²) in [5.41, 5.74) is 1.56. The van der Waals surface area contributed by atoms with E-state index in [-0.39, 0.29) is 11.5 Å². The molecule has 4 heterocycles. The van der Waals surface area contributed by atoms with Crippen LogP contribution in [0.3, 0.4) is 0 Å². The van der Waals surface area contributed by atoms with E-state index in [0.717, 1.165) is 25.9 Å². The number of H-pyrrole nitrogens is 1. The third-order valence-electron chi connectivity index (χ3n) is 4.75. The van der Waals surface area contributed by atoms with Crippen molar-refractivity contribution in [3.05, 3.63) is 50.8 Å². The smallest absolute Gasteiger partial charge is 0.272 e. The first kappa shape index (κ1) is 16.1. The SMILES string of the molecule is O=C(c1ccc(Cl)c(N2CCCC2)n1)N1CCc2c(nc[nH]c2=O)C1. The van der Waals surface area contributed by atoms with E-state index in [0.29, 0.717) is 47.3 Å². The average molecular weight is 360 g/mol. The molecule has 0 atom stereocenters. The molecule has 0 radical (unpaired) electrons. The van der Waals surface area contributed by atoms with Gasteiger partial charge >= 0.3 is 0 Å². The van der Waals surface area contributed by atoms with E-state index in [9.17, 15) is 9.59 Å². The number of aromatic nitrogens is 3. The van der Waals surface area contributed by atoms with Gasteiger partial charge in [0.15, 0.2) is 0 Å². The Hall–Kier alpha value is -2.41. The Labute approximate surface area is 149 Å². The first-order valence-electron chi connectivity index (χ1n) is 8.39. The van der Waals surface area contributed by atoms with E-state index in [1.807, 2.05) is 0 Å². The van der Waals surface area contributed by atoms with Crippen molar-refractivity contribution in [3.8, 4) is 0 Å². The van der Waals surface area contributed by atoms with Crippen LogP contribution in [-0.4, -0.2) is 45.4 Å². The number of halogens is 1. The Morgan fingerprint density at radius 1 is 1.20 bits per heavy atom. The Morgan fingerprint density at radius 3 is 2.80 bits per heavy atom. The van der Waals surface area contributed by atoms with Crippen molar-refractivity contribution < 1.29 is 4.79 Å². The lowest BCUT2D eigenvalue weighted by Crippen LogP contribution is -2.39. The van der Waals surface area contributed by atoms with Crippen LogP contribution < -0.4 is 10.5 Å². The van der Waals surface area contributed by atoms with Crippen molar-refractivity contribution in [2.45, 2.75) is 25.8 Å². The summed E-state index contributed by atoms with van der Waals surface area (Å²) in [4.78, 5) is 39.8. The molecule has 25 heavy (non-hydrogen) atoms. The van der Waals surface area contributed by atoms with Gasteiger partial charge in [0.05, 0.1) is 23.6 Å². The number of nitrogens with zero attached hydrogens (tertiary/aromatic N) is 4. The molecule has 1 fully saturated rings. The molecule has 1 saturated heterocycles. The zero-order chi connectivity index (χ0) is 17.4. The number of rotatable bonds is 2. The second kappa shape index (κ2) is 6.48. The maximum Gasteiger partial charge on any atom is 0.272 e. The highest BCUT2D eigenvalue weighted by Crippen LogP contribution is 2.27. The maximum absolute atomic E-state index is 12.9. The highest BCUT2D eigenvalue weighted by molar-refractivity contribution is 6.33. The molecule has 0 saturated carbocycles. The van der Waals surface area contributed by atoms with Gasteiger partial charge in [-0.1, -0.05) is 11.6 Å². The Bertz CT molecular complexity index is 876. The van der Waals surface area contributed by atoms with Crippen LogP contribution in [0.2, 0.25) is 5.02 Å². The van der Waals surface area contributed by atoms with Crippen molar-refractivity contribution >= 4 is 23.3 Å². The number of carbonyl (C=O) groups excluding carboxylic acids is 1. The van der Waals surface area contributed by atoms with Gasteiger partial charge in [-0.3, -0.25) is 9.59 Å². The lowest BCUT2D eigenvalue weighted by molar-refractivity contribution is 0.0725. The van der Waals surface area contributed by atoms with E-state index in [1.54, 1.807) is 17.0 Å². The third-order valence-corrected chi connectivity index (χ3v) is 5.05. The number of fused-ring (bicyclic) bond motifs is 1. The minimum atomic E-state index is -0.162. The first-order chi connectivity index (χ1) is 12.1. The quantitative estimate of drug-likeness (QED) is 0.881. The van der Waals surface area contributed by atoms with Crippen LogP contribution in [0, 0.1) is 0 Å². The summed E-state index contributed by atoms with van der Waals surface area (Å²) in [6.45, 7) is 2.62. The normalized spacial score (nSPS) is 16.8. The van der Waals surface area contributed by atoms with Crippen LogP contribution in [0.25, 0.3) is 0 Å². The molecule has 2 aromatic rings. The Kier molecular flexibility index (Phi) is 4.17. The van der Waals surface area contributed by atoms with E-state index in [1.165, 1.54) is 6.33 Å². The molecule has 7 nitrogen and oxygen atoms in total. The van der Waals surface area contributed by atoms with Crippen molar-refractivity contribution in [2.75, 3.05) is 24.5 Å². The van der Waals surface area contributed by atoms with Gasteiger partial charge in [-0.25, -0.2) is 9.97 Å². The minimum absolute atomic E-state index is 0.127. The largest absolute Gasteiger partial charge is 0.355 e. The number of pyridine rings is 1. The van der Waals surface area contributed by atoms with Crippen LogP contribution in [0.4, 0.5) is 5.82 Å². The average Bonchev–Trinajstić information content (AvgIpc) is 3.16. The predicted molar refractivity (Wildman–Crippen MR) is 94.0 cm³/mol. The zero-order valence-corrected chi connectivity index (χ0v) is 14.4. The zero-order valence-electron chi connectivity index (χ0n) is 13.7. The monoisotopic (exact) mass is 359 g/mol. The number of nitrogens with one attached hydrogen (secondary N) is 1. The summed E-state index contributed by atoms with van der Waals surface area (Å²) in [5.74, 6) is 0.516. The standard InChI is InChI=1S/C17H18ClN5O2/c18-12-3-4-13(21-15(12)22-6-1-2-7-22)17(25)23-8-5-11-14(9-23)19-10-20-16(11)24/h3-4,10H,1-2,5-9H2,(H,19,20,24). The number of carbonyl (C=O) groups is 1. The van der Waals surface area contributed by atoms with Gasteiger partial charge < -0.3 is 14.8 Å².